The van der Waals surface area contributed by atoms with E-state index in [1.54, 1.807) is 28.4 Å². The Morgan fingerprint density at radius 2 is 1.34 bits per heavy atom. The number of methoxy groups -OCH3 is 4. The number of rotatable bonds is 5. The minimum atomic E-state index is -0.134. The molecule has 0 radical (unpaired) electrons. The van der Waals surface area contributed by atoms with Crippen LogP contribution in [0.25, 0.3) is 0 Å². The Bertz CT molecular complexity index is 950. The molecule has 1 aliphatic heterocycles. The van der Waals surface area contributed by atoms with Crippen LogP contribution in [0.2, 0.25) is 0 Å². The second-order valence-electron chi connectivity index (χ2n) is 6.78. The van der Waals surface area contributed by atoms with Crippen LogP contribution in [0.15, 0.2) is 54.6 Å². The molecule has 0 saturated carbocycles. The summed E-state index contributed by atoms with van der Waals surface area (Å²) >= 11 is 0. The molecule has 4 rings (SSSR count). The summed E-state index contributed by atoms with van der Waals surface area (Å²) in [7, 11) is 6.62. The number of hydrogen-bond acceptors (Lipinski definition) is 5. The van der Waals surface area contributed by atoms with Crippen LogP contribution in [0.1, 0.15) is 28.2 Å². The summed E-state index contributed by atoms with van der Waals surface area (Å²) in [6.07, 6.45) is 0. The zero-order valence-electron chi connectivity index (χ0n) is 17.0. The summed E-state index contributed by atoms with van der Waals surface area (Å²) in [5, 5.41) is 0. The van der Waals surface area contributed by atoms with Crippen LogP contribution in [-0.4, -0.2) is 28.4 Å². The van der Waals surface area contributed by atoms with Crippen LogP contribution in [0, 0.1) is 0 Å². The molecule has 0 bridgehead atoms. The number of fused-ring (bicyclic) bond motifs is 2. The van der Waals surface area contributed by atoms with Crippen LogP contribution in [0.5, 0.6) is 28.7 Å². The molecule has 0 amide bonds. The summed E-state index contributed by atoms with van der Waals surface area (Å²) < 4.78 is 28.7. The van der Waals surface area contributed by atoms with Crippen molar-refractivity contribution in [1.82, 2.24) is 0 Å². The Kier molecular flexibility index (Phi) is 5.21. The summed E-state index contributed by atoms with van der Waals surface area (Å²) in [4.78, 5) is 0. The number of benzene rings is 3. The Hall–Kier alpha value is -3.34. The van der Waals surface area contributed by atoms with Gasteiger partial charge in [-0.1, -0.05) is 30.3 Å². The average Bonchev–Trinajstić information content (AvgIpc) is 2.95. The quantitative estimate of drug-likeness (QED) is 0.625. The molecule has 0 saturated heterocycles. The lowest BCUT2D eigenvalue weighted by Crippen LogP contribution is -2.09. The molecule has 1 heterocycles. The van der Waals surface area contributed by atoms with Crippen LogP contribution in [-0.2, 0) is 6.61 Å². The number of hydrogen-bond donors (Lipinski definition) is 0. The predicted molar refractivity (Wildman–Crippen MR) is 111 cm³/mol. The lowest BCUT2D eigenvalue weighted by atomic mass is 9.82. The van der Waals surface area contributed by atoms with Gasteiger partial charge in [-0.05, 0) is 11.6 Å². The van der Waals surface area contributed by atoms with Crippen LogP contribution in [0.4, 0.5) is 0 Å². The third-order valence-corrected chi connectivity index (χ3v) is 5.28. The van der Waals surface area contributed by atoms with Gasteiger partial charge < -0.3 is 23.7 Å². The molecule has 0 fully saturated rings. The smallest absolute Gasteiger partial charge is 0.131 e. The van der Waals surface area contributed by atoms with E-state index in [1.165, 1.54) is 0 Å². The zero-order valence-corrected chi connectivity index (χ0v) is 17.0. The molecular formula is C24H24O5. The van der Waals surface area contributed by atoms with E-state index in [0.717, 1.165) is 39.5 Å². The van der Waals surface area contributed by atoms with Gasteiger partial charge in [0.1, 0.15) is 35.4 Å². The van der Waals surface area contributed by atoms with Crippen molar-refractivity contribution in [2.75, 3.05) is 28.4 Å². The van der Waals surface area contributed by atoms with Crippen LogP contribution >= 0.6 is 0 Å². The van der Waals surface area contributed by atoms with Gasteiger partial charge in [-0.3, -0.25) is 0 Å². The standard InChI is InChI=1S/C24H24O5/c1-25-17-10-16-14-29-21-13-18(26-2)12-20(28-4)24(21)23(15-8-6-5-7-9-15)22(16)19(11-17)27-3/h5-13,23H,14H2,1-4H3. The van der Waals surface area contributed by atoms with Crippen molar-refractivity contribution in [3.8, 4) is 28.7 Å². The molecule has 0 aromatic heterocycles. The summed E-state index contributed by atoms with van der Waals surface area (Å²) in [5.41, 5.74) is 4.11. The largest absolute Gasteiger partial charge is 0.497 e. The fraction of sp³-hybridized carbons (Fsp3) is 0.250. The molecule has 1 aliphatic rings. The third kappa shape index (κ3) is 3.33. The molecule has 1 atom stereocenters. The average molecular weight is 392 g/mol. The highest BCUT2D eigenvalue weighted by Gasteiger charge is 2.33. The summed E-state index contributed by atoms with van der Waals surface area (Å²) in [6.45, 7) is 0.384. The third-order valence-electron chi connectivity index (χ3n) is 5.28. The second-order valence-corrected chi connectivity index (χ2v) is 6.78. The SMILES string of the molecule is COc1cc2c(c(OC)c1)C(c1ccccc1)c1c(OC)cc(OC)cc1OC2. The maximum absolute atomic E-state index is 6.24. The van der Waals surface area contributed by atoms with E-state index < -0.39 is 0 Å². The van der Waals surface area contributed by atoms with E-state index >= 15 is 0 Å². The predicted octanol–water partition coefficient (Wildman–Crippen LogP) is 4.79. The van der Waals surface area contributed by atoms with Crippen molar-refractivity contribution in [3.05, 3.63) is 76.9 Å². The molecule has 29 heavy (non-hydrogen) atoms. The van der Waals surface area contributed by atoms with E-state index in [-0.39, 0.29) is 5.92 Å². The van der Waals surface area contributed by atoms with Gasteiger partial charge in [-0.25, -0.2) is 0 Å². The normalized spacial score (nSPS) is 14.7. The minimum Gasteiger partial charge on any atom is -0.497 e. The highest BCUT2D eigenvalue weighted by molar-refractivity contribution is 5.64. The molecule has 5 nitrogen and oxygen atoms in total. The first-order valence-corrected chi connectivity index (χ1v) is 9.38. The summed E-state index contributed by atoms with van der Waals surface area (Å²) in [6, 6.07) is 18.0. The van der Waals surface area contributed by atoms with Crippen molar-refractivity contribution in [2.45, 2.75) is 12.5 Å². The number of ether oxygens (including phenoxy) is 5. The molecule has 3 aromatic rings. The first-order valence-electron chi connectivity index (χ1n) is 9.38. The monoisotopic (exact) mass is 392 g/mol. The molecule has 5 heteroatoms. The first-order chi connectivity index (χ1) is 14.2. The van der Waals surface area contributed by atoms with Crippen molar-refractivity contribution >= 4 is 0 Å². The van der Waals surface area contributed by atoms with Gasteiger partial charge in [0.25, 0.3) is 0 Å². The fourth-order valence-corrected chi connectivity index (χ4v) is 3.94. The molecule has 1 unspecified atom stereocenters. The highest BCUT2D eigenvalue weighted by Crippen LogP contribution is 2.50. The van der Waals surface area contributed by atoms with Crippen molar-refractivity contribution in [1.29, 1.82) is 0 Å². The maximum Gasteiger partial charge on any atom is 0.131 e. The van der Waals surface area contributed by atoms with E-state index in [9.17, 15) is 0 Å². The van der Waals surface area contributed by atoms with Gasteiger partial charge in [0.2, 0.25) is 0 Å². The van der Waals surface area contributed by atoms with E-state index in [2.05, 4.69) is 12.1 Å². The fourth-order valence-electron chi connectivity index (χ4n) is 3.94. The zero-order chi connectivity index (χ0) is 20.4. The van der Waals surface area contributed by atoms with Crippen molar-refractivity contribution in [2.24, 2.45) is 0 Å². The van der Waals surface area contributed by atoms with Gasteiger partial charge in [0, 0.05) is 40.8 Å². The van der Waals surface area contributed by atoms with Crippen molar-refractivity contribution in [3.63, 3.8) is 0 Å². The highest BCUT2D eigenvalue weighted by atomic mass is 16.5. The molecule has 3 aromatic carbocycles. The Morgan fingerprint density at radius 1 is 0.724 bits per heavy atom. The van der Waals surface area contributed by atoms with E-state index in [4.69, 9.17) is 23.7 Å². The topological polar surface area (TPSA) is 46.2 Å². The van der Waals surface area contributed by atoms with Gasteiger partial charge in [0.15, 0.2) is 0 Å². The Morgan fingerprint density at radius 3 is 1.97 bits per heavy atom. The first kappa shape index (κ1) is 19.0. The lowest BCUT2D eigenvalue weighted by molar-refractivity contribution is 0.299. The second kappa shape index (κ2) is 7.95. The minimum absolute atomic E-state index is 0.134. The molecule has 150 valence electrons. The maximum atomic E-state index is 6.24. The van der Waals surface area contributed by atoms with Gasteiger partial charge in [0.05, 0.1) is 28.4 Å². The molecule has 0 N–H and O–H groups in total. The van der Waals surface area contributed by atoms with Gasteiger partial charge in [-0.2, -0.15) is 0 Å². The van der Waals surface area contributed by atoms with Crippen LogP contribution < -0.4 is 23.7 Å². The molecule has 0 aliphatic carbocycles. The van der Waals surface area contributed by atoms with Crippen LogP contribution in [0.3, 0.4) is 0 Å². The Labute approximate surface area is 170 Å². The van der Waals surface area contributed by atoms with Crippen molar-refractivity contribution < 1.29 is 23.7 Å². The van der Waals surface area contributed by atoms with Gasteiger partial charge in [-0.15, -0.1) is 0 Å². The van der Waals surface area contributed by atoms with E-state index in [1.807, 2.05) is 42.5 Å². The van der Waals surface area contributed by atoms with E-state index in [0.29, 0.717) is 18.1 Å². The lowest BCUT2D eigenvalue weighted by Gasteiger charge is -2.24. The Balaban J connectivity index is 2.06. The van der Waals surface area contributed by atoms with Gasteiger partial charge >= 0.3 is 0 Å². The molecular weight excluding hydrogens is 368 g/mol. The molecule has 0 spiro atoms. The summed E-state index contributed by atoms with van der Waals surface area (Å²) in [5.74, 6) is 3.47.